The Kier molecular flexibility index (Phi) is 5.64. The summed E-state index contributed by atoms with van der Waals surface area (Å²) in [7, 11) is 0. The third-order valence-electron chi connectivity index (χ3n) is 3.83. The lowest BCUT2D eigenvalue weighted by Crippen LogP contribution is -2.38. The summed E-state index contributed by atoms with van der Waals surface area (Å²) in [6.07, 6.45) is 1.90. The van der Waals surface area contributed by atoms with Gasteiger partial charge in [0.15, 0.2) is 0 Å². The van der Waals surface area contributed by atoms with Gasteiger partial charge in [-0.2, -0.15) is 0 Å². The molecule has 1 aliphatic carbocycles. The average molecular weight is 319 g/mol. The van der Waals surface area contributed by atoms with Crippen molar-refractivity contribution in [2.75, 3.05) is 13.2 Å². The zero-order chi connectivity index (χ0) is 17.0. The number of amides is 1. The summed E-state index contributed by atoms with van der Waals surface area (Å²) in [6, 6.07) is 7.27. The first-order valence-electron chi connectivity index (χ1n) is 8.15. The summed E-state index contributed by atoms with van der Waals surface area (Å²) in [5, 5.41) is 9.07. The Morgan fingerprint density at radius 2 is 1.83 bits per heavy atom. The molecule has 0 bridgehead atoms. The number of ether oxygens (including phenoxy) is 1. The number of carboxylic acid groups (broad SMARTS) is 1. The van der Waals surface area contributed by atoms with Gasteiger partial charge in [0, 0.05) is 18.2 Å². The molecule has 126 valence electrons. The Morgan fingerprint density at radius 1 is 1.22 bits per heavy atom. The van der Waals surface area contributed by atoms with E-state index in [9.17, 15) is 9.59 Å². The van der Waals surface area contributed by atoms with Crippen molar-refractivity contribution < 1.29 is 19.4 Å². The number of hydrogen-bond donors (Lipinski definition) is 1. The first-order valence-corrected chi connectivity index (χ1v) is 8.15. The van der Waals surface area contributed by atoms with Crippen LogP contribution in [0.3, 0.4) is 0 Å². The molecule has 1 N–H and O–H groups in total. The molecule has 1 amide bonds. The summed E-state index contributed by atoms with van der Waals surface area (Å²) in [5.41, 5.74) is 0.575. The minimum atomic E-state index is -0.874. The van der Waals surface area contributed by atoms with Crippen molar-refractivity contribution in [1.29, 1.82) is 0 Å². The standard InChI is InChI=1S/C18H25NO4/c1-12(2)11-23-16-8-4-14(5-9-16)17(20)19(15-6-7-15)10-13(3)18(21)22/h4-5,8-9,12-13,15H,6-7,10-11H2,1-3H3,(H,21,22). The summed E-state index contributed by atoms with van der Waals surface area (Å²) < 4.78 is 5.62. The van der Waals surface area contributed by atoms with Crippen LogP contribution >= 0.6 is 0 Å². The molecule has 0 aliphatic heterocycles. The van der Waals surface area contributed by atoms with Gasteiger partial charge >= 0.3 is 5.97 Å². The van der Waals surface area contributed by atoms with E-state index in [4.69, 9.17) is 9.84 Å². The van der Waals surface area contributed by atoms with E-state index in [0.717, 1.165) is 18.6 Å². The molecule has 5 nitrogen and oxygen atoms in total. The van der Waals surface area contributed by atoms with Gasteiger partial charge in [-0.1, -0.05) is 20.8 Å². The van der Waals surface area contributed by atoms with Crippen molar-refractivity contribution in [2.24, 2.45) is 11.8 Å². The van der Waals surface area contributed by atoms with Gasteiger partial charge in [-0.05, 0) is 43.0 Å². The predicted molar refractivity (Wildman–Crippen MR) is 87.6 cm³/mol. The number of aliphatic carboxylic acids is 1. The molecule has 0 radical (unpaired) electrons. The van der Waals surface area contributed by atoms with Gasteiger partial charge in [0.05, 0.1) is 12.5 Å². The lowest BCUT2D eigenvalue weighted by atomic mass is 10.1. The van der Waals surface area contributed by atoms with Crippen LogP contribution in [0.25, 0.3) is 0 Å². The van der Waals surface area contributed by atoms with Crippen LogP contribution in [0.5, 0.6) is 5.75 Å². The van der Waals surface area contributed by atoms with Crippen LogP contribution in [0, 0.1) is 11.8 Å². The fourth-order valence-corrected chi connectivity index (χ4v) is 2.28. The highest BCUT2D eigenvalue weighted by molar-refractivity contribution is 5.95. The van der Waals surface area contributed by atoms with Crippen LogP contribution < -0.4 is 4.74 Å². The minimum Gasteiger partial charge on any atom is -0.493 e. The highest BCUT2D eigenvalue weighted by Crippen LogP contribution is 2.29. The highest BCUT2D eigenvalue weighted by Gasteiger charge is 2.34. The maximum absolute atomic E-state index is 12.7. The molecule has 2 rings (SSSR count). The molecular weight excluding hydrogens is 294 g/mol. The van der Waals surface area contributed by atoms with Crippen LogP contribution in [-0.4, -0.2) is 41.1 Å². The molecule has 1 unspecified atom stereocenters. The fourth-order valence-electron chi connectivity index (χ4n) is 2.28. The summed E-state index contributed by atoms with van der Waals surface area (Å²) in [4.78, 5) is 25.4. The van der Waals surface area contributed by atoms with Crippen LogP contribution in [0.4, 0.5) is 0 Å². The van der Waals surface area contributed by atoms with Gasteiger partial charge < -0.3 is 14.7 Å². The molecule has 0 heterocycles. The van der Waals surface area contributed by atoms with Crippen LogP contribution in [0.2, 0.25) is 0 Å². The summed E-state index contributed by atoms with van der Waals surface area (Å²) in [5.74, 6) is -0.351. The van der Waals surface area contributed by atoms with E-state index in [1.54, 1.807) is 36.1 Å². The number of carboxylic acids is 1. The largest absolute Gasteiger partial charge is 0.493 e. The Morgan fingerprint density at radius 3 is 2.30 bits per heavy atom. The van der Waals surface area contributed by atoms with Gasteiger partial charge in [-0.25, -0.2) is 0 Å². The molecule has 1 atom stereocenters. The fraction of sp³-hybridized carbons (Fsp3) is 0.556. The van der Waals surface area contributed by atoms with Crippen molar-refractivity contribution >= 4 is 11.9 Å². The predicted octanol–water partition coefficient (Wildman–Crippen LogP) is 3.05. The molecule has 1 saturated carbocycles. The smallest absolute Gasteiger partial charge is 0.308 e. The van der Waals surface area contributed by atoms with E-state index in [-0.39, 0.29) is 18.5 Å². The number of carbonyl (C=O) groups excluding carboxylic acids is 1. The number of benzene rings is 1. The van der Waals surface area contributed by atoms with Crippen molar-refractivity contribution in [1.82, 2.24) is 4.90 Å². The van der Waals surface area contributed by atoms with E-state index in [1.807, 2.05) is 0 Å². The van der Waals surface area contributed by atoms with Crippen molar-refractivity contribution in [3.05, 3.63) is 29.8 Å². The molecule has 1 fully saturated rings. The van der Waals surface area contributed by atoms with Crippen molar-refractivity contribution in [2.45, 2.75) is 39.7 Å². The second-order valence-corrected chi connectivity index (χ2v) is 6.66. The highest BCUT2D eigenvalue weighted by atomic mass is 16.5. The second-order valence-electron chi connectivity index (χ2n) is 6.66. The van der Waals surface area contributed by atoms with Gasteiger partial charge in [-0.3, -0.25) is 9.59 Å². The Bertz CT molecular complexity index is 549. The van der Waals surface area contributed by atoms with E-state index in [0.29, 0.717) is 18.1 Å². The van der Waals surface area contributed by atoms with E-state index < -0.39 is 11.9 Å². The maximum Gasteiger partial charge on any atom is 0.308 e. The topological polar surface area (TPSA) is 66.8 Å². The van der Waals surface area contributed by atoms with E-state index in [2.05, 4.69) is 13.8 Å². The van der Waals surface area contributed by atoms with Crippen LogP contribution in [0.15, 0.2) is 24.3 Å². The molecule has 1 aliphatic rings. The summed E-state index contributed by atoms with van der Waals surface area (Å²) >= 11 is 0. The van der Waals surface area contributed by atoms with Gasteiger partial charge in [0.1, 0.15) is 5.75 Å². The van der Waals surface area contributed by atoms with Crippen molar-refractivity contribution in [3.63, 3.8) is 0 Å². The third-order valence-corrected chi connectivity index (χ3v) is 3.83. The number of carbonyl (C=O) groups is 2. The first-order chi connectivity index (χ1) is 10.9. The Balaban J connectivity index is 2.03. The van der Waals surface area contributed by atoms with Gasteiger partial charge in [-0.15, -0.1) is 0 Å². The zero-order valence-electron chi connectivity index (χ0n) is 14.0. The normalized spacial score (nSPS) is 15.3. The third kappa shape index (κ3) is 4.98. The zero-order valence-corrected chi connectivity index (χ0v) is 14.0. The van der Waals surface area contributed by atoms with Crippen LogP contribution in [-0.2, 0) is 4.79 Å². The van der Waals surface area contributed by atoms with Crippen molar-refractivity contribution in [3.8, 4) is 5.75 Å². The first kappa shape index (κ1) is 17.3. The molecule has 0 saturated heterocycles. The monoisotopic (exact) mass is 319 g/mol. The average Bonchev–Trinajstić information content (AvgIpc) is 3.34. The van der Waals surface area contributed by atoms with E-state index in [1.165, 1.54) is 0 Å². The number of hydrogen-bond acceptors (Lipinski definition) is 3. The summed E-state index contributed by atoms with van der Waals surface area (Å²) in [6.45, 7) is 6.68. The number of nitrogens with zero attached hydrogens (tertiary/aromatic N) is 1. The molecule has 0 spiro atoms. The SMILES string of the molecule is CC(C)COc1ccc(C(=O)N(CC(C)C(=O)O)C2CC2)cc1. The van der Waals surface area contributed by atoms with Crippen LogP contribution in [0.1, 0.15) is 44.0 Å². The maximum atomic E-state index is 12.7. The lowest BCUT2D eigenvalue weighted by Gasteiger charge is -2.24. The molecular formula is C18H25NO4. The number of rotatable bonds is 8. The molecule has 1 aromatic carbocycles. The Labute approximate surface area is 137 Å². The molecule has 23 heavy (non-hydrogen) atoms. The molecule has 1 aromatic rings. The second kappa shape index (κ2) is 7.49. The molecule has 0 aromatic heterocycles. The van der Waals surface area contributed by atoms with Gasteiger partial charge in [0.2, 0.25) is 0 Å². The van der Waals surface area contributed by atoms with E-state index >= 15 is 0 Å². The Hall–Kier alpha value is -2.04. The quantitative estimate of drug-likeness (QED) is 0.800. The molecule has 5 heteroatoms. The lowest BCUT2D eigenvalue weighted by molar-refractivity contribution is -0.141. The van der Waals surface area contributed by atoms with Gasteiger partial charge in [0.25, 0.3) is 5.91 Å². The minimum absolute atomic E-state index is 0.101.